The molecule has 0 unspecified atom stereocenters. The van der Waals surface area contributed by atoms with E-state index in [0.717, 1.165) is 49.3 Å². The van der Waals surface area contributed by atoms with E-state index in [9.17, 15) is 4.79 Å². The van der Waals surface area contributed by atoms with Crippen molar-refractivity contribution < 1.29 is 4.79 Å². The summed E-state index contributed by atoms with van der Waals surface area (Å²) in [6.07, 6.45) is 1.67. The summed E-state index contributed by atoms with van der Waals surface area (Å²) < 4.78 is 0. The Morgan fingerprint density at radius 1 is 1.08 bits per heavy atom. The molecule has 0 saturated carbocycles. The molecule has 2 aromatic rings. The van der Waals surface area contributed by atoms with Gasteiger partial charge in [0.05, 0.1) is 0 Å². The Labute approximate surface area is 169 Å². The molecule has 2 aromatic carbocycles. The first-order valence-corrected chi connectivity index (χ1v) is 9.79. The Morgan fingerprint density at radius 2 is 1.73 bits per heavy atom. The van der Waals surface area contributed by atoms with Gasteiger partial charge in [0.1, 0.15) is 0 Å². The van der Waals surface area contributed by atoms with Crippen LogP contribution in [0.4, 0.5) is 5.69 Å². The van der Waals surface area contributed by atoms with Crippen LogP contribution in [0, 0.1) is 12.8 Å². The molecule has 1 saturated heterocycles. The second-order valence-corrected chi connectivity index (χ2v) is 8.01. The standard InChI is InChI=1S/C20H21Cl3N2O/c1-13-10-16(21)4-5-19(13)24-20(26)14-6-8-25(9-7-14)12-15-2-3-17(22)11-18(15)23/h2-5,10-11,14H,6-9,12H2,1H3,(H,24,26). The van der Waals surface area contributed by atoms with Gasteiger partial charge in [-0.05, 0) is 74.3 Å². The number of amides is 1. The van der Waals surface area contributed by atoms with E-state index in [1.54, 1.807) is 12.1 Å². The van der Waals surface area contributed by atoms with E-state index in [-0.39, 0.29) is 11.8 Å². The summed E-state index contributed by atoms with van der Waals surface area (Å²) in [7, 11) is 0. The van der Waals surface area contributed by atoms with Crippen molar-refractivity contribution in [3.8, 4) is 0 Å². The van der Waals surface area contributed by atoms with Crippen LogP contribution < -0.4 is 5.32 Å². The van der Waals surface area contributed by atoms with Crippen molar-refractivity contribution >= 4 is 46.4 Å². The van der Waals surface area contributed by atoms with Gasteiger partial charge in [-0.25, -0.2) is 0 Å². The van der Waals surface area contributed by atoms with E-state index in [0.29, 0.717) is 15.1 Å². The number of hydrogen-bond acceptors (Lipinski definition) is 2. The molecule has 0 aliphatic carbocycles. The van der Waals surface area contributed by atoms with Gasteiger partial charge in [-0.1, -0.05) is 40.9 Å². The molecular formula is C20H21Cl3N2O. The Bertz CT molecular complexity index is 802. The van der Waals surface area contributed by atoms with Gasteiger partial charge in [-0.3, -0.25) is 9.69 Å². The minimum absolute atomic E-state index is 0.0296. The highest BCUT2D eigenvalue weighted by Gasteiger charge is 2.25. The van der Waals surface area contributed by atoms with Crippen molar-refractivity contribution in [2.45, 2.75) is 26.3 Å². The van der Waals surface area contributed by atoms with Gasteiger partial charge in [0, 0.05) is 33.2 Å². The van der Waals surface area contributed by atoms with Crippen LogP contribution >= 0.6 is 34.8 Å². The van der Waals surface area contributed by atoms with Crippen molar-refractivity contribution in [3.63, 3.8) is 0 Å². The topological polar surface area (TPSA) is 32.3 Å². The first kappa shape index (κ1) is 19.5. The molecule has 1 aliphatic rings. The fourth-order valence-electron chi connectivity index (χ4n) is 3.25. The number of piperidine rings is 1. The molecule has 1 fully saturated rings. The molecule has 1 N–H and O–H groups in total. The summed E-state index contributed by atoms with van der Waals surface area (Å²) in [6, 6.07) is 11.1. The number of hydrogen-bond donors (Lipinski definition) is 1. The van der Waals surface area contributed by atoms with E-state index in [2.05, 4.69) is 10.2 Å². The SMILES string of the molecule is Cc1cc(Cl)ccc1NC(=O)C1CCN(Cc2ccc(Cl)cc2Cl)CC1. The highest BCUT2D eigenvalue weighted by molar-refractivity contribution is 6.35. The number of benzene rings is 2. The van der Waals surface area contributed by atoms with Gasteiger partial charge < -0.3 is 5.32 Å². The van der Waals surface area contributed by atoms with Gasteiger partial charge in [-0.2, -0.15) is 0 Å². The largest absolute Gasteiger partial charge is 0.326 e. The predicted molar refractivity (Wildman–Crippen MR) is 109 cm³/mol. The van der Waals surface area contributed by atoms with Crippen LogP contribution in [0.15, 0.2) is 36.4 Å². The summed E-state index contributed by atoms with van der Waals surface area (Å²) in [6.45, 7) is 4.47. The summed E-state index contributed by atoms with van der Waals surface area (Å²) in [5, 5.41) is 5.05. The van der Waals surface area contributed by atoms with Gasteiger partial charge in [0.2, 0.25) is 5.91 Å². The minimum atomic E-state index is 0.0296. The van der Waals surface area contributed by atoms with E-state index < -0.39 is 0 Å². The summed E-state index contributed by atoms with van der Waals surface area (Å²) in [4.78, 5) is 14.9. The van der Waals surface area contributed by atoms with Gasteiger partial charge >= 0.3 is 0 Å². The summed E-state index contributed by atoms with van der Waals surface area (Å²) >= 11 is 18.2. The maximum atomic E-state index is 12.6. The Kier molecular flexibility index (Phi) is 6.46. The third-order valence-corrected chi connectivity index (χ3v) is 5.64. The smallest absolute Gasteiger partial charge is 0.227 e. The van der Waals surface area contributed by atoms with Crippen LogP contribution in [0.5, 0.6) is 0 Å². The number of rotatable bonds is 4. The van der Waals surface area contributed by atoms with Gasteiger partial charge in [-0.15, -0.1) is 0 Å². The first-order chi connectivity index (χ1) is 12.4. The third kappa shape index (κ3) is 4.92. The van der Waals surface area contributed by atoms with E-state index in [1.807, 2.05) is 31.2 Å². The van der Waals surface area contributed by atoms with Crippen LogP contribution in [0.2, 0.25) is 15.1 Å². The number of carbonyl (C=O) groups is 1. The molecule has 138 valence electrons. The lowest BCUT2D eigenvalue weighted by atomic mass is 9.95. The molecule has 1 heterocycles. The Morgan fingerprint density at radius 3 is 2.38 bits per heavy atom. The molecule has 1 amide bonds. The number of likely N-dealkylation sites (tertiary alicyclic amines) is 1. The number of anilines is 1. The van der Waals surface area contributed by atoms with Crippen molar-refractivity contribution in [2.24, 2.45) is 5.92 Å². The summed E-state index contributed by atoms with van der Waals surface area (Å²) in [5.41, 5.74) is 2.87. The fraction of sp³-hybridized carbons (Fsp3) is 0.350. The second kappa shape index (κ2) is 8.62. The number of nitrogens with one attached hydrogen (secondary N) is 1. The van der Waals surface area contributed by atoms with Crippen LogP contribution in [0.1, 0.15) is 24.0 Å². The van der Waals surface area contributed by atoms with Crippen LogP contribution in [0.25, 0.3) is 0 Å². The zero-order valence-electron chi connectivity index (χ0n) is 14.6. The zero-order valence-corrected chi connectivity index (χ0v) is 16.8. The molecule has 0 atom stereocenters. The second-order valence-electron chi connectivity index (χ2n) is 6.73. The lowest BCUT2D eigenvalue weighted by Gasteiger charge is -2.31. The number of carbonyl (C=O) groups excluding carboxylic acids is 1. The normalized spacial score (nSPS) is 15.8. The molecule has 3 rings (SSSR count). The average Bonchev–Trinajstić information content (AvgIpc) is 2.60. The molecule has 6 heteroatoms. The van der Waals surface area contributed by atoms with Gasteiger partial charge in [0.15, 0.2) is 0 Å². The predicted octanol–water partition coefficient (Wildman–Crippen LogP) is 5.81. The maximum Gasteiger partial charge on any atom is 0.227 e. The lowest BCUT2D eigenvalue weighted by Crippen LogP contribution is -2.37. The highest BCUT2D eigenvalue weighted by atomic mass is 35.5. The molecular weight excluding hydrogens is 391 g/mol. The lowest BCUT2D eigenvalue weighted by molar-refractivity contribution is -0.121. The van der Waals surface area contributed by atoms with Crippen LogP contribution in [0.3, 0.4) is 0 Å². The Balaban J connectivity index is 1.53. The number of aryl methyl sites for hydroxylation is 1. The molecule has 26 heavy (non-hydrogen) atoms. The van der Waals surface area contributed by atoms with E-state index >= 15 is 0 Å². The average molecular weight is 412 g/mol. The molecule has 0 radical (unpaired) electrons. The third-order valence-electron chi connectivity index (χ3n) is 4.81. The highest BCUT2D eigenvalue weighted by Crippen LogP contribution is 2.26. The monoisotopic (exact) mass is 410 g/mol. The van der Waals surface area contributed by atoms with Crippen molar-refractivity contribution in [1.29, 1.82) is 0 Å². The van der Waals surface area contributed by atoms with E-state index in [1.165, 1.54) is 0 Å². The number of halogens is 3. The molecule has 0 aromatic heterocycles. The zero-order chi connectivity index (χ0) is 18.7. The Hall–Kier alpha value is -1.26. The van der Waals surface area contributed by atoms with Crippen LogP contribution in [-0.2, 0) is 11.3 Å². The van der Waals surface area contributed by atoms with Gasteiger partial charge in [0.25, 0.3) is 0 Å². The van der Waals surface area contributed by atoms with Crippen molar-refractivity contribution in [3.05, 3.63) is 62.6 Å². The van der Waals surface area contributed by atoms with Crippen molar-refractivity contribution in [2.75, 3.05) is 18.4 Å². The minimum Gasteiger partial charge on any atom is -0.326 e. The molecule has 3 nitrogen and oxygen atoms in total. The van der Waals surface area contributed by atoms with E-state index in [4.69, 9.17) is 34.8 Å². The van der Waals surface area contributed by atoms with Crippen LogP contribution in [-0.4, -0.2) is 23.9 Å². The fourth-order valence-corrected chi connectivity index (χ4v) is 3.94. The maximum absolute atomic E-state index is 12.6. The summed E-state index contributed by atoms with van der Waals surface area (Å²) in [5.74, 6) is 0.113. The molecule has 0 bridgehead atoms. The van der Waals surface area contributed by atoms with Crippen molar-refractivity contribution in [1.82, 2.24) is 4.90 Å². The first-order valence-electron chi connectivity index (χ1n) is 8.65. The number of nitrogens with zero attached hydrogens (tertiary/aromatic N) is 1. The molecule has 0 spiro atoms. The quantitative estimate of drug-likeness (QED) is 0.689. The molecule has 1 aliphatic heterocycles.